The third-order valence-corrected chi connectivity index (χ3v) is 4.22. The number of rotatable bonds is 6. The third-order valence-electron chi connectivity index (χ3n) is 3.91. The number of anilines is 3. The molecule has 1 atom stereocenters. The molecule has 0 bridgehead atoms. The Bertz CT molecular complexity index is 985. The summed E-state index contributed by atoms with van der Waals surface area (Å²) in [7, 11) is 0. The minimum Gasteiger partial charge on any atom is -0.394 e. The minimum atomic E-state index is -4.48. The summed E-state index contributed by atoms with van der Waals surface area (Å²) in [6, 6.07) is 7.88. The number of alkyl halides is 3. The number of halogens is 4. The quantitative estimate of drug-likeness (QED) is 0.531. The second-order valence-corrected chi connectivity index (χ2v) is 6.65. The van der Waals surface area contributed by atoms with Crippen molar-refractivity contribution in [3.63, 3.8) is 0 Å². The highest BCUT2D eigenvalue weighted by atomic mass is 35.5. The van der Waals surface area contributed by atoms with Gasteiger partial charge in [-0.3, -0.25) is 4.98 Å². The van der Waals surface area contributed by atoms with E-state index in [4.69, 9.17) is 11.6 Å². The maximum atomic E-state index is 12.8. The van der Waals surface area contributed by atoms with Crippen LogP contribution in [0.4, 0.5) is 30.6 Å². The lowest BCUT2D eigenvalue weighted by atomic mass is 10.2. The van der Waals surface area contributed by atoms with E-state index in [1.807, 2.05) is 0 Å². The molecule has 29 heavy (non-hydrogen) atoms. The first-order chi connectivity index (χ1) is 13.8. The number of pyridine rings is 1. The van der Waals surface area contributed by atoms with Crippen molar-refractivity contribution in [2.24, 2.45) is 0 Å². The average Bonchev–Trinajstić information content (AvgIpc) is 2.69. The van der Waals surface area contributed by atoms with Gasteiger partial charge in [-0.25, -0.2) is 4.98 Å². The average molecular weight is 424 g/mol. The van der Waals surface area contributed by atoms with Gasteiger partial charge >= 0.3 is 6.18 Å². The molecule has 0 unspecified atom stereocenters. The molecule has 0 spiro atoms. The van der Waals surface area contributed by atoms with Gasteiger partial charge in [0.25, 0.3) is 0 Å². The van der Waals surface area contributed by atoms with Crippen molar-refractivity contribution in [3.05, 3.63) is 59.4 Å². The second-order valence-electron chi connectivity index (χ2n) is 6.24. The normalized spacial score (nSPS) is 12.5. The summed E-state index contributed by atoms with van der Waals surface area (Å²) in [5, 5.41) is 15.1. The summed E-state index contributed by atoms with van der Waals surface area (Å²) in [4.78, 5) is 12.7. The van der Waals surface area contributed by atoms with E-state index < -0.39 is 11.7 Å². The van der Waals surface area contributed by atoms with E-state index in [2.05, 4.69) is 25.6 Å². The molecule has 6 nitrogen and oxygen atoms in total. The Morgan fingerprint density at radius 1 is 1.10 bits per heavy atom. The van der Waals surface area contributed by atoms with Crippen molar-refractivity contribution >= 4 is 29.1 Å². The van der Waals surface area contributed by atoms with E-state index >= 15 is 0 Å². The van der Waals surface area contributed by atoms with E-state index in [9.17, 15) is 18.3 Å². The Morgan fingerprint density at radius 3 is 2.45 bits per heavy atom. The predicted octanol–water partition coefficient (Wildman–Crippen LogP) is 4.75. The lowest BCUT2D eigenvalue weighted by Gasteiger charge is -2.15. The maximum Gasteiger partial charge on any atom is 0.416 e. The monoisotopic (exact) mass is 423 g/mol. The fraction of sp³-hybridized carbons (Fsp3) is 0.211. The van der Waals surface area contributed by atoms with Gasteiger partial charge in [-0.1, -0.05) is 11.6 Å². The zero-order chi connectivity index (χ0) is 21.0. The molecular weight excluding hydrogens is 407 g/mol. The van der Waals surface area contributed by atoms with E-state index in [0.29, 0.717) is 11.5 Å². The van der Waals surface area contributed by atoms with E-state index in [1.54, 1.807) is 37.5 Å². The molecule has 3 rings (SSSR count). The van der Waals surface area contributed by atoms with Gasteiger partial charge in [0, 0.05) is 30.1 Å². The number of nitrogens with zero attached hydrogens (tertiary/aromatic N) is 3. The predicted molar refractivity (Wildman–Crippen MR) is 105 cm³/mol. The molecule has 2 heterocycles. The van der Waals surface area contributed by atoms with Gasteiger partial charge in [0.2, 0.25) is 5.95 Å². The van der Waals surface area contributed by atoms with Gasteiger partial charge < -0.3 is 15.7 Å². The molecule has 0 aliphatic heterocycles. The number of hydrogen-bond acceptors (Lipinski definition) is 6. The van der Waals surface area contributed by atoms with Crippen LogP contribution < -0.4 is 10.6 Å². The highest BCUT2D eigenvalue weighted by Crippen LogP contribution is 2.35. The van der Waals surface area contributed by atoms with Crippen molar-refractivity contribution < 1.29 is 18.3 Å². The number of nitrogens with one attached hydrogen (secondary N) is 2. The fourth-order valence-electron chi connectivity index (χ4n) is 2.44. The number of aliphatic hydroxyl groups excluding tert-OH is 1. The molecule has 0 aliphatic carbocycles. The van der Waals surface area contributed by atoms with Crippen LogP contribution in [0, 0.1) is 0 Å². The Hall–Kier alpha value is -2.91. The van der Waals surface area contributed by atoms with Gasteiger partial charge in [0.05, 0.1) is 28.6 Å². The third kappa shape index (κ3) is 5.33. The number of benzene rings is 1. The van der Waals surface area contributed by atoms with Gasteiger partial charge in [0.15, 0.2) is 0 Å². The SMILES string of the molecule is C[C@H](CO)Nc1nc(Nc2ccc(C(F)(F)F)cc2Cl)cc(-c2ccncc2)n1. The molecule has 3 N–H and O–H groups in total. The van der Waals surface area contributed by atoms with E-state index in [1.165, 1.54) is 6.07 Å². The van der Waals surface area contributed by atoms with Crippen LogP contribution in [0.2, 0.25) is 5.02 Å². The minimum absolute atomic E-state index is 0.0952. The lowest BCUT2D eigenvalue weighted by molar-refractivity contribution is -0.137. The van der Waals surface area contributed by atoms with Crippen molar-refractivity contribution in [1.82, 2.24) is 15.0 Å². The Labute approximate surface area is 169 Å². The summed E-state index contributed by atoms with van der Waals surface area (Å²) in [5.41, 5.74) is 0.747. The summed E-state index contributed by atoms with van der Waals surface area (Å²) in [5.74, 6) is 0.563. The molecule has 0 aliphatic rings. The molecule has 0 saturated carbocycles. The van der Waals surface area contributed by atoms with Crippen LogP contribution in [-0.2, 0) is 6.18 Å². The lowest BCUT2D eigenvalue weighted by Crippen LogP contribution is -2.21. The topological polar surface area (TPSA) is 83.0 Å². The van der Waals surface area contributed by atoms with Crippen molar-refractivity contribution in [2.45, 2.75) is 19.1 Å². The highest BCUT2D eigenvalue weighted by molar-refractivity contribution is 6.33. The van der Waals surface area contributed by atoms with Crippen LogP contribution in [0.25, 0.3) is 11.3 Å². The smallest absolute Gasteiger partial charge is 0.394 e. The Balaban J connectivity index is 1.97. The van der Waals surface area contributed by atoms with Crippen LogP contribution in [0.15, 0.2) is 48.8 Å². The summed E-state index contributed by atoms with van der Waals surface area (Å²) < 4.78 is 38.5. The first-order valence-electron chi connectivity index (χ1n) is 8.57. The van der Waals surface area contributed by atoms with Crippen LogP contribution in [0.1, 0.15) is 12.5 Å². The molecule has 152 valence electrons. The van der Waals surface area contributed by atoms with Gasteiger partial charge in [-0.05, 0) is 37.3 Å². The van der Waals surface area contributed by atoms with Crippen LogP contribution >= 0.6 is 11.6 Å². The van der Waals surface area contributed by atoms with Crippen molar-refractivity contribution in [1.29, 1.82) is 0 Å². The molecule has 0 amide bonds. The maximum absolute atomic E-state index is 12.8. The molecular formula is C19H17ClF3N5O. The van der Waals surface area contributed by atoms with Crippen LogP contribution in [-0.4, -0.2) is 32.7 Å². The molecule has 0 fully saturated rings. The first-order valence-corrected chi connectivity index (χ1v) is 8.94. The molecule has 0 saturated heterocycles. The summed E-state index contributed by atoms with van der Waals surface area (Å²) in [6.45, 7) is 1.62. The Morgan fingerprint density at radius 2 is 1.83 bits per heavy atom. The largest absolute Gasteiger partial charge is 0.416 e. The van der Waals surface area contributed by atoms with E-state index in [-0.39, 0.29) is 29.3 Å². The first kappa shape index (κ1) is 20.8. The number of aromatic nitrogens is 3. The summed E-state index contributed by atoms with van der Waals surface area (Å²) in [6.07, 6.45) is -1.26. The molecule has 2 aromatic heterocycles. The molecule has 3 aromatic rings. The number of hydrogen-bond donors (Lipinski definition) is 3. The zero-order valence-electron chi connectivity index (χ0n) is 15.2. The van der Waals surface area contributed by atoms with Crippen LogP contribution in [0.5, 0.6) is 0 Å². The fourth-order valence-corrected chi connectivity index (χ4v) is 2.67. The molecule has 0 radical (unpaired) electrons. The van der Waals surface area contributed by atoms with Gasteiger partial charge in [0.1, 0.15) is 5.82 Å². The van der Waals surface area contributed by atoms with E-state index in [0.717, 1.165) is 17.7 Å². The summed E-state index contributed by atoms with van der Waals surface area (Å²) >= 11 is 6.03. The standard InChI is InChI=1S/C19H17ClF3N5O/c1-11(10-29)25-18-27-16(12-4-6-24-7-5-12)9-17(28-18)26-15-3-2-13(8-14(15)20)19(21,22)23/h2-9,11,29H,10H2,1H3,(H2,25,26,27,28)/t11-/m1/s1. The van der Waals surface area contributed by atoms with Gasteiger partial charge in [-0.2, -0.15) is 18.2 Å². The highest BCUT2D eigenvalue weighted by Gasteiger charge is 2.30. The molecule has 10 heteroatoms. The van der Waals surface area contributed by atoms with Crippen LogP contribution in [0.3, 0.4) is 0 Å². The molecule has 1 aromatic carbocycles. The van der Waals surface area contributed by atoms with Crippen molar-refractivity contribution in [3.8, 4) is 11.3 Å². The Kier molecular flexibility index (Phi) is 6.19. The zero-order valence-corrected chi connectivity index (χ0v) is 16.0. The second kappa shape index (κ2) is 8.62. The number of aliphatic hydroxyl groups is 1. The van der Waals surface area contributed by atoms with Crippen molar-refractivity contribution in [2.75, 3.05) is 17.2 Å². The van der Waals surface area contributed by atoms with Gasteiger partial charge in [-0.15, -0.1) is 0 Å².